The summed E-state index contributed by atoms with van der Waals surface area (Å²) in [6, 6.07) is 13.9. The maximum atomic E-state index is 4.59. The molecule has 3 aromatic rings. The Bertz CT molecular complexity index is 739. The monoisotopic (exact) mass is 391 g/mol. The van der Waals surface area contributed by atoms with E-state index in [1.165, 1.54) is 0 Å². The third kappa shape index (κ3) is 2.83. The first-order valence-electron chi connectivity index (χ1n) is 6.12. The summed E-state index contributed by atoms with van der Waals surface area (Å²) in [5, 5.41) is 3.37. The molecule has 0 saturated heterocycles. The molecule has 100 valence electrons. The molecule has 1 aromatic heterocycles. The van der Waals surface area contributed by atoms with Gasteiger partial charge in [0.25, 0.3) is 0 Å². The Balaban J connectivity index is 1.83. The van der Waals surface area contributed by atoms with Crippen molar-refractivity contribution < 1.29 is 0 Å². The lowest BCUT2D eigenvalue weighted by Crippen LogP contribution is -2.03. The maximum Gasteiger partial charge on any atom is 0.0890 e. The average molecular weight is 393 g/mol. The molecule has 1 N–H and O–H groups in total. The molecule has 0 spiro atoms. The third-order valence-electron chi connectivity index (χ3n) is 2.91. The summed E-state index contributed by atoms with van der Waals surface area (Å²) >= 11 is 7.06. The van der Waals surface area contributed by atoms with E-state index in [9.17, 15) is 0 Å². The van der Waals surface area contributed by atoms with Crippen molar-refractivity contribution in [1.82, 2.24) is 9.97 Å². The topological polar surface area (TPSA) is 37.8 Å². The number of para-hydroxylation sites is 3. The first kappa shape index (κ1) is 13.5. The number of rotatable bonds is 3. The minimum atomic E-state index is 0.624. The van der Waals surface area contributed by atoms with Crippen molar-refractivity contribution in [3.05, 3.63) is 63.3 Å². The molecule has 0 atom stereocenters. The summed E-state index contributed by atoms with van der Waals surface area (Å²) in [6.45, 7) is 0.624. The van der Waals surface area contributed by atoms with E-state index in [1.807, 2.05) is 42.5 Å². The van der Waals surface area contributed by atoms with Crippen molar-refractivity contribution in [3.63, 3.8) is 0 Å². The van der Waals surface area contributed by atoms with Gasteiger partial charge in [-0.3, -0.25) is 4.98 Å². The summed E-state index contributed by atoms with van der Waals surface area (Å²) < 4.78 is 2.03. The molecular formula is C15H11Br2N3. The first-order valence-corrected chi connectivity index (χ1v) is 7.71. The van der Waals surface area contributed by atoms with Crippen LogP contribution in [0, 0.1) is 0 Å². The lowest BCUT2D eigenvalue weighted by atomic mass is 10.3. The number of fused-ring (bicyclic) bond motifs is 1. The van der Waals surface area contributed by atoms with Gasteiger partial charge in [0.2, 0.25) is 0 Å². The number of hydrogen-bond acceptors (Lipinski definition) is 3. The molecule has 0 unspecified atom stereocenters. The molecule has 0 radical (unpaired) electrons. The SMILES string of the molecule is Brc1cccc(Br)c1NCc1cnc2ccccc2n1. The fraction of sp³-hybridized carbons (Fsp3) is 0.0667. The zero-order valence-corrected chi connectivity index (χ0v) is 13.6. The first-order chi connectivity index (χ1) is 9.74. The second-order valence-electron chi connectivity index (χ2n) is 4.30. The predicted molar refractivity (Wildman–Crippen MR) is 88.7 cm³/mol. The van der Waals surface area contributed by atoms with Crippen LogP contribution in [0.15, 0.2) is 57.6 Å². The Hall–Kier alpha value is -1.46. The van der Waals surface area contributed by atoms with E-state index < -0.39 is 0 Å². The molecule has 5 heteroatoms. The van der Waals surface area contributed by atoms with E-state index in [2.05, 4.69) is 47.1 Å². The average Bonchev–Trinajstić information content (AvgIpc) is 2.46. The Morgan fingerprint density at radius 1 is 0.900 bits per heavy atom. The highest BCUT2D eigenvalue weighted by Gasteiger charge is 2.05. The highest BCUT2D eigenvalue weighted by atomic mass is 79.9. The van der Waals surface area contributed by atoms with Gasteiger partial charge in [0.1, 0.15) is 0 Å². The minimum absolute atomic E-state index is 0.624. The molecule has 0 bridgehead atoms. The van der Waals surface area contributed by atoms with Crippen LogP contribution < -0.4 is 5.32 Å². The third-order valence-corrected chi connectivity index (χ3v) is 4.23. The molecular weight excluding hydrogens is 382 g/mol. The van der Waals surface area contributed by atoms with Crippen LogP contribution in [-0.4, -0.2) is 9.97 Å². The standard InChI is InChI=1S/C15H11Br2N3/c16-11-4-3-5-12(17)15(11)19-9-10-8-18-13-6-1-2-7-14(13)20-10/h1-8,19H,9H2. The normalized spacial score (nSPS) is 10.7. The van der Waals surface area contributed by atoms with Gasteiger partial charge in [-0.05, 0) is 56.1 Å². The number of anilines is 1. The fourth-order valence-corrected chi connectivity index (χ4v) is 3.21. The second kappa shape index (κ2) is 5.89. The highest BCUT2D eigenvalue weighted by Crippen LogP contribution is 2.30. The van der Waals surface area contributed by atoms with Crippen LogP contribution in [0.25, 0.3) is 11.0 Å². The number of hydrogen-bond donors (Lipinski definition) is 1. The van der Waals surface area contributed by atoms with Crippen molar-refractivity contribution in [3.8, 4) is 0 Å². The molecule has 2 aromatic carbocycles. The maximum absolute atomic E-state index is 4.59. The summed E-state index contributed by atoms with van der Waals surface area (Å²) in [4.78, 5) is 9.01. The van der Waals surface area contributed by atoms with E-state index in [1.54, 1.807) is 6.20 Å². The molecule has 3 nitrogen and oxygen atoms in total. The van der Waals surface area contributed by atoms with E-state index in [0.717, 1.165) is 31.4 Å². The van der Waals surface area contributed by atoms with Crippen LogP contribution in [0.4, 0.5) is 5.69 Å². The quantitative estimate of drug-likeness (QED) is 0.697. The van der Waals surface area contributed by atoms with Gasteiger partial charge in [-0.25, -0.2) is 4.98 Å². The van der Waals surface area contributed by atoms with Crippen LogP contribution >= 0.6 is 31.9 Å². The number of halogens is 2. The van der Waals surface area contributed by atoms with Crippen molar-refractivity contribution in [2.75, 3.05) is 5.32 Å². The number of nitrogens with zero attached hydrogens (tertiary/aromatic N) is 2. The van der Waals surface area contributed by atoms with Gasteiger partial charge in [-0.2, -0.15) is 0 Å². The molecule has 1 heterocycles. The van der Waals surface area contributed by atoms with Crippen molar-refractivity contribution >= 4 is 48.6 Å². The molecule has 0 fully saturated rings. The van der Waals surface area contributed by atoms with Gasteiger partial charge >= 0.3 is 0 Å². The van der Waals surface area contributed by atoms with Gasteiger partial charge < -0.3 is 5.32 Å². The van der Waals surface area contributed by atoms with Gasteiger partial charge in [0.05, 0.1) is 35.2 Å². The second-order valence-corrected chi connectivity index (χ2v) is 6.01. The molecule has 0 aliphatic heterocycles. The van der Waals surface area contributed by atoms with E-state index in [0.29, 0.717) is 6.54 Å². The molecule has 0 amide bonds. The number of aromatic nitrogens is 2. The minimum Gasteiger partial charge on any atom is -0.377 e. The van der Waals surface area contributed by atoms with Crippen LogP contribution in [0.1, 0.15) is 5.69 Å². The summed E-state index contributed by atoms with van der Waals surface area (Å²) in [6.07, 6.45) is 1.81. The lowest BCUT2D eigenvalue weighted by molar-refractivity contribution is 1.04. The summed E-state index contributed by atoms with van der Waals surface area (Å²) in [5.74, 6) is 0. The van der Waals surface area contributed by atoms with Crippen LogP contribution in [0.5, 0.6) is 0 Å². The predicted octanol–water partition coefficient (Wildman–Crippen LogP) is 4.77. The van der Waals surface area contributed by atoms with Gasteiger partial charge in [0.15, 0.2) is 0 Å². The van der Waals surface area contributed by atoms with Crippen LogP contribution in [-0.2, 0) is 6.54 Å². The molecule has 0 aliphatic rings. The van der Waals surface area contributed by atoms with Crippen molar-refractivity contribution in [1.29, 1.82) is 0 Å². The van der Waals surface area contributed by atoms with Crippen LogP contribution in [0.3, 0.4) is 0 Å². The largest absolute Gasteiger partial charge is 0.377 e. The Kier molecular flexibility index (Phi) is 3.98. The molecule has 0 saturated carbocycles. The van der Waals surface area contributed by atoms with Gasteiger partial charge in [-0.15, -0.1) is 0 Å². The van der Waals surface area contributed by atoms with Gasteiger partial charge in [0, 0.05) is 8.95 Å². The zero-order valence-electron chi connectivity index (χ0n) is 10.5. The number of benzene rings is 2. The zero-order chi connectivity index (χ0) is 13.9. The van der Waals surface area contributed by atoms with E-state index in [4.69, 9.17) is 0 Å². The highest BCUT2D eigenvalue weighted by molar-refractivity contribution is 9.11. The summed E-state index contributed by atoms with van der Waals surface area (Å²) in [7, 11) is 0. The fourth-order valence-electron chi connectivity index (χ4n) is 1.93. The summed E-state index contributed by atoms with van der Waals surface area (Å²) in [5.41, 5.74) is 3.75. The molecule has 3 rings (SSSR count). The Morgan fingerprint density at radius 3 is 2.35 bits per heavy atom. The lowest BCUT2D eigenvalue weighted by Gasteiger charge is -2.10. The van der Waals surface area contributed by atoms with Crippen LogP contribution in [0.2, 0.25) is 0 Å². The van der Waals surface area contributed by atoms with Gasteiger partial charge in [-0.1, -0.05) is 18.2 Å². The van der Waals surface area contributed by atoms with Crippen molar-refractivity contribution in [2.45, 2.75) is 6.54 Å². The Morgan fingerprint density at radius 2 is 1.60 bits per heavy atom. The van der Waals surface area contributed by atoms with E-state index >= 15 is 0 Å². The number of nitrogens with one attached hydrogen (secondary N) is 1. The van der Waals surface area contributed by atoms with Crippen molar-refractivity contribution in [2.24, 2.45) is 0 Å². The Labute approximate surface area is 133 Å². The molecule has 0 aliphatic carbocycles. The molecule has 20 heavy (non-hydrogen) atoms. The van der Waals surface area contributed by atoms with E-state index in [-0.39, 0.29) is 0 Å². The smallest absolute Gasteiger partial charge is 0.0890 e.